The highest BCUT2D eigenvalue weighted by atomic mass is 14.8. The summed E-state index contributed by atoms with van der Waals surface area (Å²) in [5.41, 5.74) is 8.26. The number of anilines is 1. The molecule has 0 amide bonds. The van der Waals surface area contributed by atoms with Gasteiger partial charge in [-0.1, -0.05) is 81.3 Å². The van der Waals surface area contributed by atoms with Crippen LogP contribution in [0.1, 0.15) is 64.2 Å². The molecule has 2 aromatic rings. The van der Waals surface area contributed by atoms with E-state index in [2.05, 4.69) is 94.4 Å². The van der Waals surface area contributed by atoms with Crippen molar-refractivity contribution in [3.8, 4) is 12.3 Å². The number of allylic oxidation sites excluding steroid dienone is 6. The van der Waals surface area contributed by atoms with Crippen LogP contribution in [0.5, 0.6) is 0 Å². The van der Waals surface area contributed by atoms with E-state index >= 15 is 0 Å². The van der Waals surface area contributed by atoms with Crippen LogP contribution in [0.15, 0.2) is 72.8 Å². The van der Waals surface area contributed by atoms with E-state index < -0.39 is 0 Å². The maximum atomic E-state index is 5.22. The average molecular weight is 398 g/mol. The lowest BCUT2D eigenvalue weighted by Gasteiger charge is -2.19. The van der Waals surface area contributed by atoms with Gasteiger partial charge in [0.25, 0.3) is 0 Å². The van der Waals surface area contributed by atoms with Crippen molar-refractivity contribution < 1.29 is 0 Å². The minimum Gasteiger partial charge on any atom is -0.385 e. The second-order valence-corrected chi connectivity index (χ2v) is 8.12. The number of terminal acetylenes is 1. The van der Waals surface area contributed by atoms with E-state index in [1.807, 2.05) is 24.3 Å². The van der Waals surface area contributed by atoms with Crippen molar-refractivity contribution in [2.45, 2.75) is 52.9 Å². The third-order valence-corrected chi connectivity index (χ3v) is 5.38. The highest BCUT2D eigenvalue weighted by Crippen LogP contribution is 2.46. The number of hydrogen-bond acceptors (Lipinski definition) is 1. The second kappa shape index (κ2) is 11.3. The van der Waals surface area contributed by atoms with E-state index in [4.69, 9.17) is 6.42 Å². The molecule has 0 atom stereocenters. The van der Waals surface area contributed by atoms with Crippen LogP contribution in [0.25, 0.3) is 11.1 Å². The topological polar surface area (TPSA) is 12.0 Å². The van der Waals surface area contributed by atoms with Crippen molar-refractivity contribution in [3.63, 3.8) is 0 Å². The fourth-order valence-electron chi connectivity index (χ4n) is 3.87. The predicted octanol–water partition coefficient (Wildman–Crippen LogP) is 7.87. The predicted molar refractivity (Wildman–Crippen MR) is 135 cm³/mol. The molecule has 1 nitrogen and oxygen atoms in total. The third kappa shape index (κ3) is 6.01. The molecule has 0 bridgehead atoms. The zero-order chi connectivity index (χ0) is 22.0. The zero-order valence-corrected chi connectivity index (χ0v) is 19.1. The first-order valence-corrected chi connectivity index (χ1v) is 10.9. The lowest BCUT2D eigenvalue weighted by molar-refractivity contribution is 0.563. The second-order valence-electron chi connectivity index (χ2n) is 8.12. The molecule has 0 aromatic heterocycles. The van der Waals surface area contributed by atoms with Gasteiger partial charge in [0.05, 0.1) is 0 Å². The lowest BCUT2D eigenvalue weighted by Crippen LogP contribution is -2.12. The number of benzene rings is 2. The van der Waals surface area contributed by atoms with Gasteiger partial charge in [0.1, 0.15) is 0 Å². The van der Waals surface area contributed by atoms with Gasteiger partial charge in [0.2, 0.25) is 0 Å². The van der Waals surface area contributed by atoms with Gasteiger partial charge in [-0.3, -0.25) is 0 Å². The first-order valence-electron chi connectivity index (χ1n) is 10.9. The van der Waals surface area contributed by atoms with Gasteiger partial charge in [-0.2, -0.15) is 0 Å². The van der Waals surface area contributed by atoms with Crippen LogP contribution in [0.3, 0.4) is 0 Å². The summed E-state index contributed by atoms with van der Waals surface area (Å²) in [5, 5.41) is 3.40. The molecule has 1 N–H and O–H groups in total. The van der Waals surface area contributed by atoms with Crippen LogP contribution in [0.2, 0.25) is 0 Å². The third-order valence-electron chi connectivity index (χ3n) is 5.38. The smallest absolute Gasteiger partial charge is 0.0343 e. The van der Waals surface area contributed by atoms with Gasteiger partial charge in [0.15, 0.2) is 0 Å². The van der Waals surface area contributed by atoms with E-state index in [0.717, 1.165) is 19.4 Å². The molecule has 0 saturated carbocycles. The van der Waals surface area contributed by atoms with Gasteiger partial charge < -0.3 is 5.32 Å². The first-order chi connectivity index (χ1) is 14.5. The Morgan fingerprint density at radius 2 is 1.87 bits per heavy atom. The summed E-state index contributed by atoms with van der Waals surface area (Å²) in [5.74, 6) is 2.56. The lowest BCUT2D eigenvalue weighted by atomic mass is 9.86. The number of rotatable bonds is 5. The van der Waals surface area contributed by atoms with E-state index in [0.29, 0.717) is 0 Å². The van der Waals surface area contributed by atoms with Crippen molar-refractivity contribution in [2.75, 3.05) is 11.9 Å². The van der Waals surface area contributed by atoms with Crippen molar-refractivity contribution in [2.24, 2.45) is 0 Å². The maximum Gasteiger partial charge on any atom is 0.0343 e. The molecule has 0 spiro atoms. The Kier molecular flexibility index (Phi) is 8.75. The fraction of sp³-hybridized carbons (Fsp3) is 0.310. The summed E-state index contributed by atoms with van der Waals surface area (Å²) in [6.45, 7) is 11.9. The minimum absolute atomic E-state index is 0.244. The standard InChI is InChI=1S/C17H23N.C12H12/c1-5-7-8-13-12-17(3,4)16-11-14(18-6-2)9-10-15(13)16;1-3-8-11(4-2)12-9-6-5-7-10-12/h5,7-11,18H,6,12H2,1-4H3;1,5-10H,4H2,2H3/b7-5-,13-8+;11-8+. The van der Waals surface area contributed by atoms with Crippen LogP contribution in [-0.4, -0.2) is 6.54 Å². The van der Waals surface area contributed by atoms with Gasteiger partial charge in [-0.05, 0) is 78.1 Å². The highest BCUT2D eigenvalue weighted by molar-refractivity contribution is 5.78. The number of hydrogen-bond donors (Lipinski definition) is 1. The van der Waals surface area contributed by atoms with E-state index in [9.17, 15) is 0 Å². The van der Waals surface area contributed by atoms with Crippen molar-refractivity contribution >= 4 is 16.8 Å². The Bertz CT molecular complexity index is 950. The van der Waals surface area contributed by atoms with Crippen LogP contribution in [-0.2, 0) is 5.41 Å². The zero-order valence-electron chi connectivity index (χ0n) is 19.1. The highest BCUT2D eigenvalue weighted by Gasteiger charge is 2.32. The summed E-state index contributed by atoms with van der Waals surface area (Å²) in [6.07, 6.45) is 15.6. The Morgan fingerprint density at radius 3 is 2.47 bits per heavy atom. The van der Waals surface area contributed by atoms with Crippen LogP contribution in [0.4, 0.5) is 5.69 Å². The van der Waals surface area contributed by atoms with Crippen LogP contribution >= 0.6 is 0 Å². The summed E-state index contributed by atoms with van der Waals surface area (Å²) < 4.78 is 0. The molecule has 0 saturated heterocycles. The Balaban J connectivity index is 0.000000232. The van der Waals surface area contributed by atoms with Crippen molar-refractivity contribution in [3.05, 3.63) is 89.5 Å². The molecule has 2 aromatic carbocycles. The minimum atomic E-state index is 0.244. The fourth-order valence-corrected chi connectivity index (χ4v) is 3.87. The molecule has 0 unspecified atom stereocenters. The molecular weight excluding hydrogens is 362 g/mol. The summed E-state index contributed by atoms with van der Waals surface area (Å²) in [7, 11) is 0. The molecular formula is C29H35N. The quantitative estimate of drug-likeness (QED) is 0.506. The van der Waals surface area contributed by atoms with Crippen molar-refractivity contribution in [1.29, 1.82) is 0 Å². The van der Waals surface area contributed by atoms with Crippen molar-refractivity contribution in [1.82, 2.24) is 0 Å². The number of nitrogens with one attached hydrogen (secondary N) is 1. The monoisotopic (exact) mass is 397 g/mol. The van der Waals surface area contributed by atoms with E-state index in [1.165, 1.54) is 33.5 Å². The molecule has 0 fully saturated rings. The molecule has 3 rings (SSSR count). The molecule has 0 radical (unpaired) electrons. The van der Waals surface area contributed by atoms with E-state index in [1.54, 1.807) is 0 Å². The molecule has 1 aliphatic carbocycles. The summed E-state index contributed by atoms with van der Waals surface area (Å²) >= 11 is 0. The average Bonchev–Trinajstić information content (AvgIpc) is 3.01. The molecule has 1 aliphatic rings. The van der Waals surface area contributed by atoms with Gasteiger partial charge in [-0.25, -0.2) is 0 Å². The molecule has 0 aliphatic heterocycles. The van der Waals surface area contributed by atoms with Gasteiger partial charge >= 0.3 is 0 Å². The summed E-state index contributed by atoms with van der Waals surface area (Å²) in [6, 6.07) is 17.0. The van der Waals surface area contributed by atoms with Gasteiger partial charge in [0, 0.05) is 12.2 Å². The number of fused-ring (bicyclic) bond motifs is 1. The molecule has 1 heteroatoms. The SMILES string of the molecule is C#C/C=C(\CC)c1ccccc1.C/C=C\C=C1/CC(C)(C)c2cc(NCC)ccc21. The van der Waals surface area contributed by atoms with Crippen LogP contribution < -0.4 is 5.32 Å². The van der Waals surface area contributed by atoms with Gasteiger partial charge in [-0.15, -0.1) is 6.42 Å². The summed E-state index contributed by atoms with van der Waals surface area (Å²) in [4.78, 5) is 0. The normalized spacial score (nSPS) is 16.0. The van der Waals surface area contributed by atoms with Crippen LogP contribution in [0, 0.1) is 12.3 Å². The first kappa shape index (κ1) is 23.3. The Hall–Kier alpha value is -2.98. The molecule has 0 heterocycles. The Morgan fingerprint density at radius 1 is 1.13 bits per heavy atom. The maximum absolute atomic E-state index is 5.22. The molecule has 156 valence electrons. The molecule has 30 heavy (non-hydrogen) atoms. The van der Waals surface area contributed by atoms with E-state index in [-0.39, 0.29) is 5.41 Å². The Labute approximate surface area is 183 Å². The largest absolute Gasteiger partial charge is 0.385 e.